The highest BCUT2D eigenvalue weighted by molar-refractivity contribution is 7.89. The van der Waals surface area contributed by atoms with Gasteiger partial charge in [-0.1, -0.05) is 18.2 Å². The van der Waals surface area contributed by atoms with Crippen LogP contribution >= 0.6 is 0 Å². The van der Waals surface area contributed by atoms with Gasteiger partial charge in [-0.25, -0.2) is 17.6 Å². The Kier molecular flexibility index (Phi) is 6.24. The van der Waals surface area contributed by atoms with Crippen LogP contribution in [0.15, 0.2) is 41.3 Å². The van der Waals surface area contributed by atoms with Crippen LogP contribution in [0.4, 0.5) is 9.18 Å². The number of amides is 2. The predicted molar refractivity (Wildman–Crippen MR) is 110 cm³/mol. The lowest BCUT2D eigenvalue weighted by molar-refractivity contribution is 0.172. The Bertz CT molecular complexity index is 1020. The van der Waals surface area contributed by atoms with E-state index in [9.17, 15) is 17.6 Å². The minimum atomic E-state index is -3.58. The molecule has 0 bridgehead atoms. The average Bonchev–Trinajstić information content (AvgIpc) is 2.70. The molecule has 0 spiro atoms. The van der Waals surface area contributed by atoms with Crippen molar-refractivity contribution in [2.45, 2.75) is 32.2 Å². The highest BCUT2D eigenvalue weighted by Gasteiger charge is 2.30. The van der Waals surface area contributed by atoms with E-state index >= 15 is 0 Å². The minimum Gasteiger partial charge on any atom is -0.334 e. The van der Waals surface area contributed by atoms with Crippen LogP contribution in [0.5, 0.6) is 0 Å². The van der Waals surface area contributed by atoms with Crippen LogP contribution < -0.4 is 5.32 Å². The fourth-order valence-electron chi connectivity index (χ4n) is 3.19. The summed E-state index contributed by atoms with van der Waals surface area (Å²) in [5.41, 5.74) is 3.20. The van der Waals surface area contributed by atoms with Crippen LogP contribution in [-0.2, 0) is 16.6 Å². The summed E-state index contributed by atoms with van der Waals surface area (Å²) in [6.07, 6.45) is 0. The minimum absolute atomic E-state index is 0.219. The number of nitrogens with zero attached hydrogens (tertiary/aromatic N) is 2. The van der Waals surface area contributed by atoms with Crippen molar-refractivity contribution in [1.29, 1.82) is 0 Å². The molecule has 2 amide bonds. The number of nitrogens with one attached hydrogen (secondary N) is 1. The van der Waals surface area contributed by atoms with Crippen molar-refractivity contribution in [3.05, 3.63) is 64.5 Å². The molecular formula is C21H26FN3O3S. The largest absolute Gasteiger partial charge is 0.334 e. The summed E-state index contributed by atoms with van der Waals surface area (Å²) in [7, 11) is -3.58. The fourth-order valence-corrected chi connectivity index (χ4v) is 4.70. The number of benzene rings is 2. The highest BCUT2D eigenvalue weighted by atomic mass is 32.2. The SMILES string of the molecule is Cc1ccc(S(=O)(=O)N2CCN(C(=O)NCc3ccc(C)c(F)c3)CC2)cc1C. The quantitative estimate of drug-likeness (QED) is 0.828. The van der Waals surface area contributed by atoms with Crippen molar-refractivity contribution in [3.63, 3.8) is 0 Å². The van der Waals surface area contributed by atoms with Crippen molar-refractivity contribution in [3.8, 4) is 0 Å². The first kappa shape index (κ1) is 21.3. The molecule has 0 atom stereocenters. The second kappa shape index (κ2) is 8.51. The number of urea groups is 1. The summed E-state index contributed by atoms with van der Waals surface area (Å²) in [5.74, 6) is -0.304. The van der Waals surface area contributed by atoms with Gasteiger partial charge in [-0.15, -0.1) is 0 Å². The molecule has 1 saturated heterocycles. The standard InChI is InChI=1S/C21H26FN3O3S/c1-15-5-7-19(12-17(15)3)29(27,28)25-10-8-24(9-11-25)21(26)23-14-18-6-4-16(2)20(22)13-18/h4-7,12-13H,8-11,14H2,1-3H3,(H,23,26). The number of sulfonamides is 1. The van der Waals surface area contributed by atoms with Crippen LogP contribution in [0.3, 0.4) is 0 Å². The van der Waals surface area contributed by atoms with Crippen molar-refractivity contribution >= 4 is 16.1 Å². The van der Waals surface area contributed by atoms with Gasteiger partial charge in [0.15, 0.2) is 0 Å². The Morgan fingerprint density at radius 3 is 2.24 bits per heavy atom. The molecule has 0 unspecified atom stereocenters. The smallest absolute Gasteiger partial charge is 0.317 e. The predicted octanol–water partition coefficient (Wildman–Crippen LogP) is 2.97. The third-order valence-electron chi connectivity index (χ3n) is 5.32. The van der Waals surface area contributed by atoms with E-state index in [1.165, 1.54) is 10.4 Å². The van der Waals surface area contributed by atoms with Crippen LogP contribution in [0.25, 0.3) is 0 Å². The van der Waals surface area contributed by atoms with Gasteiger partial charge < -0.3 is 10.2 Å². The molecule has 1 aliphatic heterocycles. The molecular weight excluding hydrogens is 393 g/mol. The lowest BCUT2D eigenvalue weighted by Gasteiger charge is -2.34. The van der Waals surface area contributed by atoms with Gasteiger partial charge in [0.25, 0.3) is 0 Å². The maximum absolute atomic E-state index is 13.6. The zero-order chi connectivity index (χ0) is 21.2. The van der Waals surface area contributed by atoms with Crippen LogP contribution in [0.1, 0.15) is 22.3 Å². The van der Waals surface area contributed by atoms with Crippen molar-refractivity contribution < 1.29 is 17.6 Å². The first-order chi connectivity index (χ1) is 13.7. The number of aryl methyl sites for hydroxylation is 3. The molecule has 1 heterocycles. The molecule has 8 heteroatoms. The van der Waals surface area contributed by atoms with E-state index in [1.54, 1.807) is 42.2 Å². The Labute approximate surface area is 171 Å². The maximum atomic E-state index is 13.6. The molecule has 2 aromatic rings. The fraction of sp³-hybridized carbons (Fsp3) is 0.381. The molecule has 29 heavy (non-hydrogen) atoms. The lowest BCUT2D eigenvalue weighted by Crippen LogP contribution is -2.52. The van der Waals surface area contributed by atoms with Gasteiger partial charge in [0.2, 0.25) is 10.0 Å². The molecule has 3 rings (SSSR count). The monoisotopic (exact) mass is 419 g/mol. The summed E-state index contributed by atoms with van der Waals surface area (Å²) in [6, 6.07) is 9.68. The third kappa shape index (κ3) is 4.76. The first-order valence-electron chi connectivity index (χ1n) is 9.53. The molecule has 2 aromatic carbocycles. The number of hydrogen-bond acceptors (Lipinski definition) is 3. The Balaban J connectivity index is 1.57. The summed E-state index contributed by atoms with van der Waals surface area (Å²) in [4.78, 5) is 14.2. The van der Waals surface area contributed by atoms with Crippen molar-refractivity contribution in [1.82, 2.24) is 14.5 Å². The molecule has 1 N–H and O–H groups in total. The summed E-state index contributed by atoms with van der Waals surface area (Å²) < 4.78 is 40.8. The van der Waals surface area contributed by atoms with E-state index in [-0.39, 0.29) is 36.4 Å². The van der Waals surface area contributed by atoms with E-state index in [0.717, 1.165) is 11.1 Å². The Morgan fingerprint density at radius 1 is 0.966 bits per heavy atom. The van der Waals surface area contributed by atoms with E-state index in [1.807, 2.05) is 13.8 Å². The highest BCUT2D eigenvalue weighted by Crippen LogP contribution is 2.20. The molecule has 0 aromatic heterocycles. The van der Waals surface area contributed by atoms with Gasteiger partial charge in [-0.2, -0.15) is 4.31 Å². The van der Waals surface area contributed by atoms with Crippen LogP contribution in [0, 0.1) is 26.6 Å². The lowest BCUT2D eigenvalue weighted by atomic mass is 10.1. The zero-order valence-corrected chi connectivity index (χ0v) is 17.7. The number of halogens is 1. The molecule has 1 fully saturated rings. The molecule has 156 valence electrons. The topological polar surface area (TPSA) is 69.7 Å². The van der Waals surface area contributed by atoms with Gasteiger partial charge in [-0.05, 0) is 61.2 Å². The van der Waals surface area contributed by atoms with Gasteiger partial charge >= 0.3 is 6.03 Å². The second-order valence-electron chi connectivity index (χ2n) is 7.38. The van der Waals surface area contributed by atoms with Gasteiger partial charge in [0.05, 0.1) is 4.90 Å². The third-order valence-corrected chi connectivity index (χ3v) is 7.22. The van der Waals surface area contributed by atoms with E-state index in [4.69, 9.17) is 0 Å². The number of carbonyl (C=O) groups is 1. The Morgan fingerprint density at radius 2 is 1.62 bits per heavy atom. The van der Waals surface area contributed by atoms with Gasteiger partial charge in [0, 0.05) is 32.7 Å². The number of hydrogen-bond donors (Lipinski definition) is 1. The second-order valence-corrected chi connectivity index (χ2v) is 9.32. The number of piperazine rings is 1. The zero-order valence-electron chi connectivity index (χ0n) is 16.9. The normalized spacial score (nSPS) is 15.4. The maximum Gasteiger partial charge on any atom is 0.317 e. The average molecular weight is 420 g/mol. The number of carbonyl (C=O) groups excluding carboxylic acids is 1. The number of rotatable bonds is 4. The summed E-state index contributed by atoms with van der Waals surface area (Å²) in [5, 5.41) is 2.77. The van der Waals surface area contributed by atoms with E-state index in [2.05, 4.69) is 5.32 Å². The van der Waals surface area contributed by atoms with E-state index < -0.39 is 10.0 Å². The summed E-state index contributed by atoms with van der Waals surface area (Å²) >= 11 is 0. The van der Waals surface area contributed by atoms with Crippen LogP contribution in [-0.4, -0.2) is 49.8 Å². The molecule has 6 nitrogen and oxygen atoms in total. The van der Waals surface area contributed by atoms with Crippen molar-refractivity contribution in [2.24, 2.45) is 0 Å². The molecule has 0 saturated carbocycles. The molecule has 1 aliphatic rings. The van der Waals surface area contributed by atoms with Crippen molar-refractivity contribution in [2.75, 3.05) is 26.2 Å². The molecule has 0 aliphatic carbocycles. The van der Waals surface area contributed by atoms with Gasteiger partial charge in [-0.3, -0.25) is 0 Å². The summed E-state index contributed by atoms with van der Waals surface area (Å²) in [6.45, 7) is 6.81. The van der Waals surface area contributed by atoms with Crippen LogP contribution in [0.2, 0.25) is 0 Å². The Hall–Kier alpha value is -2.45. The van der Waals surface area contributed by atoms with Gasteiger partial charge in [0.1, 0.15) is 5.82 Å². The first-order valence-corrected chi connectivity index (χ1v) is 11.0. The molecule has 0 radical (unpaired) electrons. The van der Waals surface area contributed by atoms with E-state index in [0.29, 0.717) is 24.2 Å².